The Bertz CT molecular complexity index is 1190. The fourth-order valence-corrected chi connectivity index (χ4v) is 3.45. The second-order valence-electron chi connectivity index (χ2n) is 7.93. The molecule has 0 saturated carbocycles. The standard InChI is InChI=1S/C22H25N7O/c1-14(2)21-25-29(15(3)4)22(30)28(21)13-16-8-10-17(11-9-16)18-6-5-7-19(12-18)20-23-26-27-24-20/h5-12,14-15H,13H2,1-4H3,(H,23,24,26,27). The van der Waals surface area contributed by atoms with Crippen molar-refractivity contribution in [2.75, 3.05) is 0 Å². The minimum atomic E-state index is -0.0643. The third kappa shape index (κ3) is 3.80. The maximum Gasteiger partial charge on any atom is 0.346 e. The van der Waals surface area contributed by atoms with Gasteiger partial charge in [0.05, 0.1) is 12.6 Å². The van der Waals surface area contributed by atoms with Crippen molar-refractivity contribution >= 4 is 0 Å². The number of H-pyrrole nitrogens is 1. The predicted molar refractivity (Wildman–Crippen MR) is 115 cm³/mol. The van der Waals surface area contributed by atoms with Crippen LogP contribution < -0.4 is 5.69 Å². The van der Waals surface area contributed by atoms with Crippen LogP contribution in [0.15, 0.2) is 53.3 Å². The Morgan fingerprint density at radius 3 is 2.33 bits per heavy atom. The van der Waals surface area contributed by atoms with Gasteiger partial charge >= 0.3 is 5.69 Å². The maximum atomic E-state index is 12.8. The van der Waals surface area contributed by atoms with E-state index >= 15 is 0 Å². The molecule has 0 bridgehead atoms. The molecule has 0 fully saturated rings. The van der Waals surface area contributed by atoms with Gasteiger partial charge < -0.3 is 0 Å². The highest BCUT2D eigenvalue weighted by molar-refractivity contribution is 5.70. The number of nitrogens with zero attached hydrogens (tertiary/aromatic N) is 6. The second kappa shape index (κ2) is 8.06. The lowest BCUT2D eigenvalue weighted by Crippen LogP contribution is -2.27. The largest absolute Gasteiger partial charge is 0.346 e. The number of aromatic amines is 1. The monoisotopic (exact) mass is 403 g/mol. The molecule has 0 atom stereocenters. The lowest BCUT2D eigenvalue weighted by atomic mass is 10.0. The molecular formula is C22H25N7O. The number of hydrogen-bond acceptors (Lipinski definition) is 5. The molecule has 1 N–H and O–H groups in total. The summed E-state index contributed by atoms with van der Waals surface area (Å²) in [5.41, 5.74) is 4.04. The van der Waals surface area contributed by atoms with Gasteiger partial charge in [-0.25, -0.2) is 9.48 Å². The molecule has 8 nitrogen and oxygen atoms in total. The second-order valence-corrected chi connectivity index (χ2v) is 7.93. The van der Waals surface area contributed by atoms with Crippen LogP contribution in [0.2, 0.25) is 0 Å². The molecule has 2 aromatic heterocycles. The van der Waals surface area contributed by atoms with Gasteiger partial charge in [-0.1, -0.05) is 56.3 Å². The Hall–Kier alpha value is -3.55. The zero-order valence-electron chi connectivity index (χ0n) is 17.6. The van der Waals surface area contributed by atoms with Crippen LogP contribution in [0.25, 0.3) is 22.5 Å². The van der Waals surface area contributed by atoms with Gasteiger partial charge in [0.15, 0.2) is 0 Å². The van der Waals surface area contributed by atoms with E-state index in [1.807, 2.05) is 38.1 Å². The number of benzene rings is 2. The highest BCUT2D eigenvalue weighted by atomic mass is 16.2. The molecule has 154 valence electrons. The predicted octanol–water partition coefficient (Wildman–Crippen LogP) is 3.64. The third-order valence-electron chi connectivity index (χ3n) is 5.01. The average molecular weight is 403 g/mol. The molecule has 30 heavy (non-hydrogen) atoms. The summed E-state index contributed by atoms with van der Waals surface area (Å²) in [6, 6.07) is 16.3. The van der Waals surface area contributed by atoms with Crippen molar-refractivity contribution in [3.63, 3.8) is 0 Å². The summed E-state index contributed by atoms with van der Waals surface area (Å²) in [6.07, 6.45) is 0. The van der Waals surface area contributed by atoms with Crippen LogP contribution >= 0.6 is 0 Å². The minimum Gasteiger partial charge on any atom is -0.274 e. The highest BCUT2D eigenvalue weighted by Crippen LogP contribution is 2.25. The van der Waals surface area contributed by atoms with Gasteiger partial charge in [-0.05, 0) is 41.8 Å². The molecular weight excluding hydrogens is 378 g/mol. The lowest BCUT2D eigenvalue weighted by Gasteiger charge is -2.09. The summed E-state index contributed by atoms with van der Waals surface area (Å²) in [5, 5.41) is 18.7. The van der Waals surface area contributed by atoms with Gasteiger partial charge in [-0.3, -0.25) is 4.57 Å². The number of rotatable bonds is 6. The van der Waals surface area contributed by atoms with E-state index in [1.165, 1.54) is 0 Å². The van der Waals surface area contributed by atoms with E-state index in [4.69, 9.17) is 0 Å². The molecule has 0 radical (unpaired) electrons. The minimum absolute atomic E-state index is 0.0325. The number of hydrogen-bond donors (Lipinski definition) is 1. The summed E-state index contributed by atoms with van der Waals surface area (Å²) in [5.74, 6) is 1.55. The van der Waals surface area contributed by atoms with E-state index in [1.54, 1.807) is 9.25 Å². The van der Waals surface area contributed by atoms with E-state index < -0.39 is 0 Å². The van der Waals surface area contributed by atoms with Crippen LogP contribution in [-0.2, 0) is 6.54 Å². The van der Waals surface area contributed by atoms with Gasteiger partial charge in [-0.2, -0.15) is 10.3 Å². The molecule has 4 rings (SSSR count). The van der Waals surface area contributed by atoms with Gasteiger partial charge in [-0.15, -0.1) is 10.2 Å². The highest BCUT2D eigenvalue weighted by Gasteiger charge is 2.18. The van der Waals surface area contributed by atoms with Crippen molar-refractivity contribution in [1.29, 1.82) is 0 Å². The average Bonchev–Trinajstić information content (AvgIpc) is 3.38. The molecule has 0 aliphatic carbocycles. The molecule has 0 amide bonds. The van der Waals surface area contributed by atoms with E-state index in [0.29, 0.717) is 12.4 Å². The molecule has 0 saturated heterocycles. The Kier molecular flexibility index (Phi) is 5.31. The zero-order chi connectivity index (χ0) is 21.3. The van der Waals surface area contributed by atoms with Crippen molar-refractivity contribution < 1.29 is 0 Å². The number of aromatic nitrogens is 7. The summed E-state index contributed by atoms with van der Waals surface area (Å²) in [6.45, 7) is 8.56. The Labute approximate surface area is 174 Å². The van der Waals surface area contributed by atoms with E-state index in [2.05, 4.69) is 63.8 Å². The van der Waals surface area contributed by atoms with Crippen molar-refractivity contribution in [3.05, 3.63) is 70.4 Å². The van der Waals surface area contributed by atoms with Crippen molar-refractivity contribution in [1.82, 2.24) is 35.0 Å². The molecule has 2 heterocycles. The fourth-order valence-electron chi connectivity index (χ4n) is 3.45. The van der Waals surface area contributed by atoms with Gasteiger partial charge in [0, 0.05) is 11.5 Å². The number of nitrogens with one attached hydrogen (secondary N) is 1. The van der Waals surface area contributed by atoms with Crippen LogP contribution in [-0.4, -0.2) is 35.0 Å². The first kappa shape index (κ1) is 19.8. The first-order chi connectivity index (χ1) is 14.4. The molecule has 4 aromatic rings. The molecule has 0 unspecified atom stereocenters. The Balaban J connectivity index is 1.61. The normalized spacial score (nSPS) is 11.5. The first-order valence-corrected chi connectivity index (χ1v) is 10.1. The molecule has 8 heteroatoms. The van der Waals surface area contributed by atoms with E-state index in [9.17, 15) is 4.79 Å². The topological polar surface area (TPSA) is 94.3 Å². The molecule has 0 aliphatic heterocycles. The van der Waals surface area contributed by atoms with E-state index in [0.717, 1.165) is 28.1 Å². The number of tetrazole rings is 1. The zero-order valence-corrected chi connectivity index (χ0v) is 17.6. The summed E-state index contributed by atoms with van der Waals surface area (Å²) in [4.78, 5) is 12.8. The SMILES string of the molecule is CC(C)c1nn(C(C)C)c(=O)n1Cc1ccc(-c2cccc(-c3nn[nH]n3)c2)cc1. The van der Waals surface area contributed by atoms with Crippen molar-refractivity contribution in [2.45, 2.75) is 46.2 Å². The van der Waals surface area contributed by atoms with Crippen molar-refractivity contribution in [2.24, 2.45) is 0 Å². The summed E-state index contributed by atoms with van der Waals surface area (Å²) in [7, 11) is 0. The van der Waals surface area contributed by atoms with Crippen LogP contribution in [0.1, 0.15) is 51.0 Å². The third-order valence-corrected chi connectivity index (χ3v) is 5.01. The van der Waals surface area contributed by atoms with Gasteiger partial charge in [0.1, 0.15) is 5.82 Å². The molecule has 0 spiro atoms. The molecule has 2 aromatic carbocycles. The van der Waals surface area contributed by atoms with E-state index in [-0.39, 0.29) is 17.6 Å². The maximum absolute atomic E-state index is 12.8. The Morgan fingerprint density at radius 1 is 0.967 bits per heavy atom. The van der Waals surface area contributed by atoms with Crippen LogP contribution in [0.3, 0.4) is 0 Å². The Morgan fingerprint density at radius 2 is 1.70 bits per heavy atom. The summed E-state index contributed by atoms with van der Waals surface area (Å²) < 4.78 is 3.34. The van der Waals surface area contributed by atoms with Crippen LogP contribution in [0.5, 0.6) is 0 Å². The smallest absolute Gasteiger partial charge is 0.274 e. The first-order valence-electron chi connectivity index (χ1n) is 10.1. The van der Waals surface area contributed by atoms with Crippen molar-refractivity contribution in [3.8, 4) is 22.5 Å². The lowest BCUT2D eigenvalue weighted by molar-refractivity contribution is 0.504. The van der Waals surface area contributed by atoms with Crippen LogP contribution in [0.4, 0.5) is 0 Å². The van der Waals surface area contributed by atoms with Crippen LogP contribution in [0, 0.1) is 0 Å². The van der Waals surface area contributed by atoms with Gasteiger partial charge in [0.25, 0.3) is 0 Å². The van der Waals surface area contributed by atoms with Gasteiger partial charge in [0.2, 0.25) is 5.82 Å². The quantitative estimate of drug-likeness (QED) is 0.530. The summed E-state index contributed by atoms with van der Waals surface area (Å²) >= 11 is 0. The molecule has 0 aliphatic rings. The fraction of sp³-hybridized carbons (Fsp3) is 0.318.